The van der Waals surface area contributed by atoms with Crippen LogP contribution in [0.4, 0.5) is 11.4 Å². The molecule has 0 unspecified atom stereocenters. The Bertz CT molecular complexity index is 1430. The first kappa shape index (κ1) is 27.2. The fourth-order valence-electron chi connectivity index (χ4n) is 4.31. The van der Waals surface area contributed by atoms with Crippen molar-refractivity contribution in [3.8, 4) is 18.2 Å². The van der Waals surface area contributed by atoms with Gasteiger partial charge in [-0.05, 0) is 30.5 Å². The molecule has 3 aromatic rings. The van der Waals surface area contributed by atoms with Crippen LogP contribution in [-0.4, -0.2) is 42.8 Å². The second-order valence-electron chi connectivity index (χ2n) is 10.3. The van der Waals surface area contributed by atoms with Crippen LogP contribution in [0, 0.1) is 24.7 Å². The van der Waals surface area contributed by atoms with Crippen LogP contribution in [0.25, 0.3) is 10.9 Å². The van der Waals surface area contributed by atoms with Gasteiger partial charge in [-0.15, -0.1) is 12.0 Å². The van der Waals surface area contributed by atoms with Crippen LogP contribution >= 0.6 is 11.6 Å². The summed E-state index contributed by atoms with van der Waals surface area (Å²) in [4.78, 5) is 9.15. The molecule has 1 atom stereocenters. The van der Waals surface area contributed by atoms with E-state index in [0.717, 1.165) is 40.3 Å². The molecule has 38 heavy (non-hydrogen) atoms. The number of nitrogens with zero attached hydrogens (tertiary/aromatic N) is 3. The van der Waals surface area contributed by atoms with Gasteiger partial charge < -0.3 is 25.5 Å². The van der Waals surface area contributed by atoms with Crippen LogP contribution in [0.15, 0.2) is 42.0 Å². The average molecular weight is 536 g/mol. The predicted octanol–water partition coefficient (Wildman–Crippen LogP) is 4.96. The molecule has 0 aliphatic carbocycles. The summed E-state index contributed by atoms with van der Waals surface area (Å²) in [5.74, 6) is 3.93. The maximum absolute atomic E-state index is 6.78. The van der Waals surface area contributed by atoms with Gasteiger partial charge in [0.1, 0.15) is 11.7 Å². The summed E-state index contributed by atoms with van der Waals surface area (Å²) in [6.45, 7) is 9.15. The van der Waals surface area contributed by atoms with Crippen molar-refractivity contribution in [2.24, 2.45) is 5.41 Å². The van der Waals surface area contributed by atoms with E-state index in [1.54, 1.807) is 25.4 Å². The third-order valence-corrected chi connectivity index (χ3v) is 6.47. The highest BCUT2D eigenvalue weighted by atomic mass is 35.5. The number of terminal acetylenes is 1. The molecule has 0 radical (unpaired) electrons. The second kappa shape index (κ2) is 10.9. The van der Waals surface area contributed by atoms with Crippen molar-refractivity contribution in [3.05, 3.63) is 63.9 Å². The summed E-state index contributed by atoms with van der Waals surface area (Å²) in [6.07, 6.45) is 7.53. The molecule has 0 amide bonds. The molecule has 0 saturated heterocycles. The number of halogens is 1. The molecule has 4 rings (SSSR count). The number of ether oxygens (including phenoxy) is 2. The van der Waals surface area contributed by atoms with Gasteiger partial charge in [-0.3, -0.25) is 9.99 Å². The third-order valence-electron chi connectivity index (χ3n) is 6.18. The normalized spacial score (nSPS) is 14.2. The highest BCUT2D eigenvalue weighted by Crippen LogP contribution is 2.37. The number of aromatic nitrogens is 2. The number of pyridine rings is 2. The number of methoxy groups -OCH3 is 2. The predicted molar refractivity (Wildman–Crippen MR) is 153 cm³/mol. The Morgan fingerprint density at radius 3 is 2.61 bits per heavy atom. The summed E-state index contributed by atoms with van der Waals surface area (Å²) in [7, 11) is 5.09. The van der Waals surface area contributed by atoms with Crippen molar-refractivity contribution in [2.45, 2.75) is 33.7 Å². The zero-order chi connectivity index (χ0) is 27.6. The number of benzene rings is 1. The lowest BCUT2D eigenvalue weighted by atomic mass is 9.96. The highest BCUT2D eigenvalue weighted by Gasteiger charge is 2.30. The van der Waals surface area contributed by atoms with Crippen molar-refractivity contribution in [1.29, 1.82) is 0 Å². The SMILES string of the molecule is C#Cc1cnc2c(Cl)cc(N[C@H](C3=C(OC)N(C)NN3)c3ccc(OC)nc3C)cc2c1NCC(C)(C)C. The summed E-state index contributed by atoms with van der Waals surface area (Å²) in [5.41, 5.74) is 11.8. The average Bonchev–Trinajstić information content (AvgIpc) is 3.25. The number of hydrazine groups is 2. The summed E-state index contributed by atoms with van der Waals surface area (Å²) in [5, 5.41) is 10.3. The minimum Gasteiger partial charge on any atom is -0.481 e. The molecule has 10 heteroatoms. The van der Waals surface area contributed by atoms with Crippen molar-refractivity contribution in [1.82, 2.24) is 25.9 Å². The van der Waals surface area contributed by atoms with Crippen LogP contribution in [0.2, 0.25) is 5.02 Å². The van der Waals surface area contributed by atoms with E-state index in [2.05, 4.69) is 58.3 Å². The Morgan fingerprint density at radius 2 is 1.97 bits per heavy atom. The largest absolute Gasteiger partial charge is 0.481 e. The van der Waals surface area contributed by atoms with Gasteiger partial charge in [0.25, 0.3) is 0 Å². The number of anilines is 2. The van der Waals surface area contributed by atoms with E-state index in [1.165, 1.54) is 0 Å². The van der Waals surface area contributed by atoms with Crippen LogP contribution in [-0.2, 0) is 4.74 Å². The molecule has 1 aliphatic heterocycles. The summed E-state index contributed by atoms with van der Waals surface area (Å²) < 4.78 is 11.0. The summed E-state index contributed by atoms with van der Waals surface area (Å²) in [6, 6.07) is 7.32. The molecule has 0 bridgehead atoms. The first-order chi connectivity index (χ1) is 18.1. The molecule has 9 nitrogen and oxygen atoms in total. The third kappa shape index (κ3) is 5.52. The zero-order valence-corrected chi connectivity index (χ0v) is 23.5. The molecule has 1 aliphatic rings. The molecular weight excluding hydrogens is 502 g/mol. The minimum atomic E-state index is -0.371. The van der Waals surface area contributed by atoms with E-state index >= 15 is 0 Å². The topological polar surface area (TPSA) is 95.6 Å². The van der Waals surface area contributed by atoms with E-state index < -0.39 is 0 Å². The lowest BCUT2D eigenvalue weighted by molar-refractivity contribution is 0.149. The standard InChI is InChI=1S/C28H34ClN7O2/c1-9-17-14-30-24-20(23(17)31-15-28(3,4)5)12-18(13-21(24)29)33-25(26-27(38-8)36(6)35-34-26)19-10-11-22(37-7)32-16(19)2/h1,10-14,25,33-35H,15H2,2-8H3,(H,30,31)/t25-/m0/s1. The van der Waals surface area contributed by atoms with Crippen LogP contribution in [0.1, 0.15) is 43.6 Å². The molecule has 0 fully saturated rings. The Morgan fingerprint density at radius 1 is 1.21 bits per heavy atom. The molecule has 0 saturated carbocycles. The van der Waals surface area contributed by atoms with Crippen molar-refractivity contribution in [2.75, 3.05) is 38.4 Å². The van der Waals surface area contributed by atoms with E-state index in [9.17, 15) is 0 Å². The van der Waals surface area contributed by atoms with E-state index in [0.29, 0.717) is 27.9 Å². The van der Waals surface area contributed by atoms with E-state index in [4.69, 9.17) is 27.5 Å². The van der Waals surface area contributed by atoms with Gasteiger partial charge in [-0.2, -0.15) is 0 Å². The maximum atomic E-state index is 6.78. The molecular formula is C28H34ClN7O2. The quantitative estimate of drug-likeness (QED) is 0.298. The van der Waals surface area contributed by atoms with E-state index in [1.807, 2.05) is 38.2 Å². The van der Waals surface area contributed by atoms with Crippen LogP contribution in [0.3, 0.4) is 0 Å². The van der Waals surface area contributed by atoms with Gasteiger partial charge in [-0.1, -0.05) is 38.3 Å². The number of hydrogen-bond acceptors (Lipinski definition) is 9. The second-order valence-corrected chi connectivity index (χ2v) is 10.7. The Balaban J connectivity index is 1.85. The first-order valence-corrected chi connectivity index (χ1v) is 12.6. The number of hydrogen-bond donors (Lipinski definition) is 4. The molecule has 4 N–H and O–H groups in total. The van der Waals surface area contributed by atoms with Gasteiger partial charge in [0.05, 0.1) is 36.0 Å². The first-order valence-electron chi connectivity index (χ1n) is 12.2. The minimum absolute atomic E-state index is 0.0430. The fraction of sp³-hybridized carbons (Fsp3) is 0.357. The van der Waals surface area contributed by atoms with Crippen molar-refractivity contribution in [3.63, 3.8) is 0 Å². The van der Waals surface area contributed by atoms with Crippen LogP contribution < -0.4 is 26.3 Å². The van der Waals surface area contributed by atoms with Gasteiger partial charge in [0.15, 0.2) is 0 Å². The monoisotopic (exact) mass is 535 g/mol. The van der Waals surface area contributed by atoms with Crippen LogP contribution in [0.5, 0.6) is 5.88 Å². The lowest BCUT2D eigenvalue weighted by Crippen LogP contribution is -2.36. The molecule has 2 aromatic heterocycles. The van der Waals surface area contributed by atoms with Gasteiger partial charge in [0, 0.05) is 48.2 Å². The fourth-order valence-corrected chi connectivity index (χ4v) is 4.58. The highest BCUT2D eigenvalue weighted by molar-refractivity contribution is 6.35. The van der Waals surface area contributed by atoms with Gasteiger partial charge in [-0.25, -0.2) is 4.98 Å². The Kier molecular flexibility index (Phi) is 7.76. The van der Waals surface area contributed by atoms with E-state index in [-0.39, 0.29) is 11.5 Å². The van der Waals surface area contributed by atoms with Crippen molar-refractivity contribution >= 4 is 33.9 Å². The maximum Gasteiger partial charge on any atom is 0.228 e. The van der Waals surface area contributed by atoms with Crippen molar-refractivity contribution < 1.29 is 9.47 Å². The molecule has 200 valence electrons. The smallest absolute Gasteiger partial charge is 0.228 e. The van der Waals surface area contributed by atoms with Gasteiger partial charge in [0.2, 0.25) is 11.8 Å². The number of nitrogens with one attached hydrogen (secondary N) is 4. The van der Waals surface area contributed by atoms with Gasteiger partial charge >= 0.3 is 0 Å². The number of rotatable bonds is 8. The zero-order valence-electron chi connectivity index (χ0n) is 22.8. The molecule has 0 spiro atoms. The Hall–Kier alpha value is -3.87. The lowest BCUT2D eigenvalue weighted by Gasteiger charge is -2.24. The Labute approximate surface area is 228 Å². The number of aryl methyl sites for hydroxylation is 1. The summed E-state index contributed by atoms with van der Waals surface area (Å²) >= 11 is 6.78. The molecule has 3 heterocycles. The molecule has 1 aromatic carbocycles. The number of fused-ring (bicyclic) bond motifs is 1.